The average Bonchev–Trinajstić information content (AvgIpc) is 2.65. The van der Waals surface area contributed by atoms with Crippen molar-refractivity contribution in [2.24, 2.45) is 17.6 Å². The first-order valence-electron chi connectivity index (χ1n) is 9.90. The van der Waals surface area contributed by atoms with E-state index in [1.165, 1.54) is 0 Å². The van der Waals surface area contributed by atoms with Crippen LogP contribution >= 0.6 is 0 Å². The molecule has 0 bridgehead atoms. The van der Waals surface area contributed by atoms with Crippen LogP contribution in [0.5, 0.6) is 0 Å². The van der Waals surface area contributed by atoms with Crippen LogP contribution < -0.4 is 5.73 Å². The second-order valence-electron chi connectivity index (χ2n) is 7.56. The molecule has 7 nitrogen and oxygen atoms in total. The maximum atomic E-state index is 13.0. The Bertz CT molecular complexity index is 511. The zero-order valence-corrected chi connectivity index (χ0v) is 16.1. The van der Waals surface area contributed by atoms with Crippen LogP contribution in [0.25, 0.3) is 0 Å². The molecule has 2 rings (SSSR count). The predicted molar refractivity (Wildman–Crippen MR) is 98.1 cm³/mol. The van der Waals surface area contributed by atoms with Gasteiger partial charge in [0.1, 0.15) is 0 Å². The molecule has 0 aromatic carbocycles. The van der Waals surface area contributed by atoms with Gasteiger partial charge in [-0.15, -0.1) is 0 Å². The second kappa shape index (κ2) is 9.90. The number of hydrogen-bond donors (Lipinski definition) is 1. The van der Waals surface area contributed by atoms with Gasteiger partial charge in [-0.25, -0.2) is 0 Å². The highest BCUT2D eigenvalue weighted by Gasteiger charge is 2.34. The number of rotatable bonds is 7. The molecule has 0 spiro atoms. The normalized spacial score (nSPS) is 25.5. The number of esters is 1. The van der Waals surface area contributed by atoms with Gasteiger partial charge in [0.25, 0.3) is 0 Å². The maximum absolute atomic E-state index is 13.0. The number of nitrogens with two attached hydrogens (primary N) is 1. The Morgan fingerprint density at radius 1 is 1.15 bits per heavy atom. The number of ether oxygens (including phenoxy) is 1. The lowest BCUT2D eigenvalue weighted by Crippen LogP contribution is -2.53. The van der Waals surface area contributed by atoms with E-state index >= 15 is 0 Å². The van der Waals surface area contributed by atoms with Gasteiger partial charge < -0.3 is 15.4 Å². The Morgan fingerprint density at radius 3 is 2.58 bits per heavy atom. The molecular weight excluding hydrogens is 334 g/mol. The highest BCUT2D eigenvalue weighted by Crippen LogP contribution is 2.24. The van der Waals surface area contributed by atoms with Crippen LogP contribution in [0.3, 0.4) is 0 Å². The van der Waals surface area contributed by atoms with Gasteiger partial charge in [0.15, 0.2) is 0 Å². The number of nitrogens with zero attached hydrogens (tertiary/aromatic N) is 2. The maximum Gasteiger partial charge on any atom is 0.310 e. The summed E-state index contributed by atoms with van der Waals surface area (Å²) in [6.07, 6.45) is 4.94. The molecule has 26 heavy (non-hydrogen) atoms. The van der Waals surface area contributed by atoms with Gasteiger partial charge >= 0.3 is 5.97 Å². The van der Waals surface area contributed by atoms with Gasteiger partial charge in [-0.3, -0.25) is 19.3 Å². The van der Waals surface area contributed by atoms with Gasteiger partial charge in [-0.05, 0) is 58.4 Å². The van der Waals surface area contributed by atoms with E-state index in [2.05, 4.69) is 4.90 Å². The molecule has 3 atom stereocenters. The Morgan fingerprint density at radius 2 is 1.88 bits per heavy atom. The van der Waals surface area contributed by atoms with Crippen molar-refractivity contribution in [3.63, 3.8) is 0 Å². The first kappa shape index (κ1) is 20.7. The van der Waals surface area contributed by atoms with Crippen molar-refractivity contribution in [1.29, 1.82) is 0 Å². The first-order valence-corrected chi connectivity index (χ1v) is 9.90. The molecule has 7 heteroatoms. The minimum absolute atomic E-state index is 0.0922. The molecule has 148 valence electrons. The van der Waals surface area contributed by atoms with E-state index < -0.39 is 0 Å². The topological polar surface area (TPSA) is 92.9 Å². The molecule has 0 saturated carbocycles. The van der Waals surface area contributed by atoms with E-state index in [1.807, 2.05) is 11.8 Å². The molecule has 2 aliphatic heterocycles. The zero-order valence-electron chi connectivity index (χ0n) is 16.1. The van der Waals surface area contributed by atoms with E-state index in [-0.39, 0.29) is 29.7 Å². The summed E-state index contributed by atoms with van der Waals surface area (Å²) in [5.74, 6) is -0.147. The molecule has 2 amide bonds. The number of piperidine rings is 2. The lowest BCUT2D eigenvalue weighted by atomic mass is 9.92. The Labute approximate surface area is 156 Å². The fourth-order valence-corrected chi connectivity index (χ4v) is 4.08. The highest BCUT2D eigenvalue weighted by atomic mass is 16.5. The summed E-state index contributed by atoms with van der Waals surface area (Å²) >= 11 is 0. The molecule has 2 saturated heterocycles. The summed E-state index contributed by atoms with van der Waals surface area (Å²) in [5.41, 5.74) is 5.26. The molecule has 0 aliphatic carbocycles. The Hall–Kier alpha value is -1.63. The third-order valence-electron chi connectivity index (χ3n) is 5.61. The van der Waals surface area contributed by atoms with E-state index in [9.17, 15) is 14.4 Å². The van der Waals surface area contributed by atoms with Crippen LogP contribution in [0.15, 0.2) is 0 Å². The minimum Gasteiger partial charge on any atom is -0.466 e. The molecule has 2 N–H and O–H groups in total. The van der Waals surface area contributed by atoms with Crippen LogP contribution in [0, 0.1) is 11.8 Å². The monoisotopic (exact) mass is 367 g/mol. The minimum atomic E-state index is -0.260. The molecule has 2 aliphatic rings. The summed E-state index contributed by atoms with van der Waals surface area (Å²) in [7, 11) is 0. The summed E-state index contributed by atoms with van der Waals surface area (Å²) < 4.78 is 5.12. The van der Waals surface area contributed by atoms with Crippen LogP contribution in [0.2, 0.25) is 0 Å². The van der Waals surface area contributed by atoms with Crippen molar-refractivity contribution in [3.05, 3.63) is 0 Å². The van der Waals surface area contributed by atoms with Crippen molar-refractivity contribution >= 4 is 17.8 Å². The highest BCUT2D eigenvalue weighted by molar-refractivity contribution is 5.82. The van der Waals surface area contributed by atoms with Gasteiger partial charge in [-0.1, -0.05) is 0 Å². The SMILES string of the molecule is CCOC(=O)C1CCCN(C(=O)C(C)N2CCCC(CCC(N)=O)C2)C1. The predicted octanol–water partition coefficient (Wildman–Crippen LogP) is 1.15. The first-order chi connectivity index (χ1) is 12.4. The van der Waals surface area contributed by atoms with E-state index in [1.54, 1.807) is 6.92 Å². The Kier molecular flexibility index (Phi) is 7.87. The largest absolute Gasteiger partial charge is 0.466 e. The van der Waals surface area contributed by atoms with E-state index in [0.717, 1.165) is 45.2 Å². The molecule has 0 aromatic heterocycles. The van der Waals surface area contributed by atoms with E-state index in [0.29, 0.717) is 32.0 Å². The summed E-state index contributed by atoms with van der Waals surface area (Å²) in [6.45, 7) is 7.02. The van der Waals surface area contributed by atoms with Gasteiger partial charge in [0.2, 0.25) is 11.8 Å². The van der Waals surface area contributed by atoms with Crippen LogP contribution in [-0.4, -0.2) is 66.4 Å². The zero-order chi connectivity index (χ0) is 19.1. The fourth-order valence-electron chi connectivity index (χ4n) is 4.08. The number of carbonyl (C=O) groups is 3. The van der Waals surface area contributed by atoms with Gasteiger partial charge in [-0.2, -0.15) is 0 Å². The third kappa shape index (κ3) is 5.69. The fraction of sp³-hybridized carbons (Fsp3) is 0.842. The lowest BCUT2D eigenvalue weighted by Gasteiger charge is -2.39. The van der Waals surface area contributed by atoms with Crippen molar-refractivity contribution in [1.82, 2.24) is 9.80 Å². The number of primary amides is 1. The summed E-state index contributed by atoms with van der Waals surface area (Å²) in [5, 5.41) is 0. The molecule has 3 unspecified atom stereocenters. The quantitative estimate of drug-likeness (QED) is 0.682. The summed E-state index contributed by atoms with van der Waals surface area (Å²) in [6, 6.07) is -0.202. The standard InChI is InChI=1S/C19H33N3O4/c1-3-26-19(25)16-7-5-11-22(13-16)18(24)14(2)21-10-4-6-15(12-21)8-9-17(20)23/h14-16H,3-13H2,1-2H3,(H2,20,23). The molecule has 0 aromatic rings. The van der Waals surface area contributed by atoms with Crippen molar-refractivity contribution in [3.8, 4) is 0 Å². The van der Waals surface area contributed by atoms with E-state index in [4.69, 9.17) is 10.5 Å². The summed E-state index contributed by atoms with van der Waals surface area (Å²) in [4.78, 5) is 40.0. The molecule has 0 radical (unpaired) electrons. The van der Waals surface area contributed by atoms with Crippen LogP contribution in [-0.2, 0) is 19.1 Å². The molecular formula is C19H33N3O4. The van der Waals surface area contributed by atoms with Crippen molar-refractivity contribution in [2.75, 3.05) is 32.8 Å². The average molecular weight is 367 g/mol. The van der Waals surface area contributed by atoms with Crippen molar-refractivity contribution in [2.45, 2.75) is 58.4 Å². The number of likely N-dealkylation sites (tertiary alicyclic amines) is 2. The third-order valence-corrected chi connectivity index (χ3v) is 5.61. The van der Waals surface area contributed by atoms with Crippen LogP contribution in [0.4, 0.5) is 0 Å². The Balaban J connectivity index is 1.89. The number of carbonyl (C=O) groups excluding carboxylic acids is 3. The molecule has 2 heterocycles. The van der Waals surface area contributed by atoms with Gasteiger partial charge in [0.05, 0.1) is 18.6 Å². The van der Waals surface area contributed by atoms with Crippen molar-refractivity contribution < 1.29 is 19.1 Å². The smallest absolute Gasteiger partial charge is 0.310 e. The second-order valence-corrected chi connectivity index (χ2v) is 7.56. The lowest BCUT2D eigenvalue weighted by molar-refractivity contribution is -0.152. The van der Waals surface area contributed by atoms with Gasteiger partial charge in [0, 0.05) is 26.1 Å². The number of hydrogen-bond acceptors (Lipinski definition) is 5. The molecule has 2 fully saturated rings. The number of amides is 2. The van der Waals surface area contributed by atoms with Crippen LogP contribution in [0.1, 0.15) is 52.4 Å².